The van der Waals surface area contributed by atoms with Gasteiger partial charge in [0, 0.05) is 31.5 Å². The molecule has 0 radical (unpaired) electrons. The van der Waals surface area contributed by atoms with Crippen molar-refractivity contribution in [2.24, 2.45) is 11.1 Å². The monoisotopic (exact) mass is 327 g/mol. The molecule has 0 saturated heterocycles. The molecule has 0 saturated carbocycles. The molecule has 0 fully saturated rings. The molecule has 0 bridgehead atoms. The molecule has 2 rings (SSSR count). The Morgan fingerprint density at radius 3 is 2.46 bits per heavy atom. The highest BCUT2D eigenvalue weighted by atomic mass is 16.5. The Labute approximate surface area is 143 Å². The smallest absolute Gasteiger partial charge is 0.255 e. The minimum atomic E-state index is -0.120. The van der Waals surface area contributed by atoms with Crippen molar-refractivity contribution in [3.05, 3.63) is 48.3 Å². The molecule has 1 heterocycles. The van der Waals surface area contributed by atoms with Gasteiger partial charge in [0.25, 0.3) is 5.91 Å². The largest absolute Gasteiger partial charge is 0.497 e. The minimum Gasteiger partial charge on any atom is -0.497 e. The van der Waals surface area contributed by atoms with Gasteiger partial charge in [-0.25, -0.2) is 0 Å². The maximum absolute atomic E-state index is 12.6. The number of hydrogen-bond donors (Lipinski definition) is 1. The fraction of sp³-hybridized carbons (Fsp3) is 0.368. The summed E-state index contributed by atoms with van der Waals surface area (Å²) in [5.41, 5.74) is 8.09. The number of carbonyl (C=O) groups is 1. The molecule has 2 N–H and O–H groups in total. The van der Waals surface area contributed by atoms with Crippen LogP contribution < -0.4 is 10.5 Å². The predicted octanol–water partition coefficient (Wildman–Crippen LogP) is 2.81. The Hall–Kier alpha value is -2.40. The van der Waals surface area contributed by atoms with Gasteiger partial charge < -0.3 is 15.4 Å². The average molecular weight is 327 g/mol. The van der Waals surface area contributed by atoms with E-state index in [0.717, 1.165) is 16.9 Å². The third-order valence-electron chi connectivity index (χ3n) is 3.97. The van der Waals surface area contributed by atoms with Crippen LogP contribution in [0.25, 0.3) is 11.1 Å². The first-order valence-corrected chi connectivity index (χ1v) is 7.91. The standard InChI is InChI=1S/C19H25N3O2/c1-19(2,12-20)13-22(3)18(23)16-9-15(10-21-11-16)14-5-7-17(24-4)8-6-14/h5-11H,12-13,20H2,1-4H3. The number of nitrogens with two attached hydrogens (primary N) is 1. The van der Waals surface area contributed by atoms with Crippen LogP contribution in [0.15, 0.2) is 42.7 Å². The van der Waals surface area contributed by atoms with Gasteiger partial charge in [0.05, 0.1) is 12.7 Å². The Kier molecular flexibility index (Phi) is 5.57. The average Bonchev–Trinajstić information content (AvgIpc) is 2.61. The van der Waals surface area contributed by atoms with Gasteiger partial charge in [-0.1, -0.05) is 26.0 Å². The summed E-state index contributed by atoms with van der Waals surface area (Å²) >= 11 is 0. The van der Waals surface area contributed by atoms with E-state index in [2.05, 4.69) is 4.98 Å². The normalized spacial score (nSPS) is 11.2. The molecule has 5 nitrogen and oxygen atoms in total. The lowest BCUT2D eigenvalue weighted by molar-refractivity contribution is 0.0740. The molecular formula is C19H25N3O2. The number of benzene rings is 1. The van der Waals surface area contributed by atoms with E-state index in [1.54, 1.807) is 31.5 Å². The van der Waals surface area contributed by atoms with E-state index in [4.69, 9.17) is 10.5 Å². The molecule has 5 heteroatoms. The molecule has 128 valence electrons. The fourth-order valence-electron chi connectivity index (χ4n) is 2.50. The van der Waals surface area contributed by atoms with Gasteiger partial charge in [-0.15, -0.1) is 0 Å². The highest BCUT2D eigenvalue weighted by molar-refractivity contribution is 5.95. The molecule has 0 aliphatic heterocycles. The first kappa shape index (κ1) is 17.9. The zero-order valence-electron chi connectivity index (χ0n) is 14.7. The van der Waals surface area contributed by atoms with Crippen molar-refractivity contribution in [2.75, 3.05) is 27.2 Å². The molecule has 2 aromatic rings. The number of rotatable bonds is 6. The van der Waals surface area contributed by atoms with E-state index in [1.165, 1.54) is 0 Å². The lowest BCUT2D eigenvalue weighted by atomic mass is 9.93. The molecule has 0 atom stereocenters. The third-order valence-corrected chi connectivity index (χ3v) is 3.97. The van der Waals surface area contributed by atoms with Gasteiger partial charge in [0.2, 0.25) is 0 Å². The van der Waals surface area contributed by atoms with E-state index < -0.39 is 0 Å². The number of methoxy groups -OCH3 is 1. The highest BCUT2D eigenvalue weighted by Crippen LogP contribution is 2.23. The van der Waals surface area contributed by atoms with E-state index in [1.807, 2.05) is 44.2 Å². The molecule has 0 spiro atoms. The van der Waals surface area contributed by atoms with Gasteiger partial charge in [-0.05, 0) is 35.7 Å². The van der Waals surface area contributed by atoms with Gasteiger partial charge in [-0.3, -0.25) is 9.78 Å². The molecule has 24 heavy (non-hydrogen) atoms. The second-order valence-corrected chi connectivity index (χ2v) is 6.72. The number of carbonyl (C=O) groups excluding carboxylic acids is 1. The van der Waals surface area contributed by atoms with E-state index in [0.29, 0.717) is 18.7 Å². The topological polar surface area (TPSA) is 68.5 Å². The summed E-state index contributed by atoms with van der Waals surface area (Å²) in [6.45, 7) is 5.20. The lowest BCUT2D eigenvalue weighted by Gasteiger charge is -2.29. The van der Waals surface area contributed by atoms with Crippen LogP contribution in [0, 0.1) is 5.41 Å². The zero-order chi connectivity index (χ0) is 17.7. The fourth-order valence-corrected chi connectivity index (χ4v) is 2.50. The summed E-state index contributed by atoms with van der Waals surface area (Å²) in [5, 5.41) is 0. The zero-order valence-corrected chi connectivity index (χ0v) is 14.7. The highest BCUT2D eigenvalue weighted by Gasteiger charge is 2.22. The molecule has 0 aliphatic rings. The van der Waals surface area contributed by atoms with Crippen LogP contribution in [0.5, 0.6) is 5.75 Å². The molecule has 1 aromatic carbocycles. The Morgan fingerprint density at radius 2 is 1.88 bits per heavy atom. The van der Waals surface area contributed by atoms with E-state index in [-0.39, 0.29) is 11.3 Å². The third kappa shape index (κ3) is 4.32. The predicted molar refractivity (Wildman–Crippen MR) is 96.0 cm³/mol. The van der Waals surface area contributed by atoms with Crippen LogP contribution in [-0.4, -0.2) is 43.0 Å². The van der Waals surface area contributed by atoms with Crippen molar-refractivity contribution in [1.29, 1.82) is 0 Å². The van der Waals surface area contributed by atoms with Crippen LogP contribution in [0.4, 0.5) is 0 Å². The van der Waals surface area contributed by atoms with Crippen LogP contribution in [-0.2, 0) is 0 Å². The van der Waals surface area contributed by atoms with Crippen molar-refractivity contribution in [3.8, 4) is 16.9 Å². The molecule has 1 aromatic heterocycles. The number of ether oxygens (including phenoxy) is 1. The Morgan fingerprint density at radius 1 is 1.21 bits per heavy atom. The molecule has 1 amide bonds. The van der Waals surface area contributed by atoms with E-state index in [9.17, 15) is 4.79 Å². The van der Waals surface area contributed by atoms with Crippen LogP contribution in [0.1, 0.15) is 24.2 Å². The summed E-state index contributed by atoms with van der Waals surface area (Å²) in [4.78, 5) is 18.6. The maximum atomic E-state index is 12.6. The second kappa shape index (κ2) is 7.45. The lowest BCUT2D eigenvalue weighted by Crippen LogP contribution is -2.39. The quantitative estimate of drug-likeness (QED) is 0.886. The minimum absolute atomic E-state index is 0.0561. The van der Waals surface area contributed by atoms with E-state index >= 15 is 0 Å². The number of hydrogen-bond acceptors (Lipinski definition) is 4. The number of amides is 1. The summed E-state index contributed by atoms with van der Waals surface area (Å²) in [6, 6.07) is 9.54. The number of pyridine rings is 1. The number of aromatic nitrogens is 1. The first-order chi connectivity index (χ1) is 11.4. The molecule has 0 unspecified atom stereocenters. The second-order valence-electron chi connectivity index (χ2n) is 6.72. The summed E-state index contributed by atoms with van der Waals surface area (Å²) in [5.74, 6) is 0.738. The Balaban J connectivity index is 2.21. The summed E-state index contributed by atoms with van der Waals surface area (Å²) < 4.78 is 5.17. The van der Waals surface area contributed by atoms with Crippen molar-refractivity contribution < 1.29 is 9.53 Å². The van der Waals surface area contributed by atoms with Gasteiger partial charge in [0.15, 0.2) is 0 Å². The van der Waals surface area contributed by atoms with Crippen molar-refractivity contribution in [2.45, 2.75) is 13.8 Å². The van der Waals surface area contributed by atoms with Gasteiger partial charge in [0.1, 0.15) is 5.75 Å². The SMILES string of the molecule is COc1ccc(-c2cncc(C(=O)N(C)CC(C)(C)CN)c2)cc1. The maximum Gasteiger partial charge on any atom is 0.255 e. The van der Waals surface area contributed by atoms with Crippen LogP contribution in [0.2, 0.25) is 0 Å². The van der Waals surface area contributed by atoms with Crippen LogP contribution in [0.3, 0.4) is 0 Å². The van der Waals surface area contributed by atoms with Gasteiger partial charge in [-0.2, -0.15) is 0 Å². The first-order valence-electron chi connectivity index (χ1n) is 7.91. The Bertz CT molecular complexity index is 696. The summed E-state index contributed by atoms with van der Waals surface area (Å²) in [6.07, 6.45) is 3.35. The van der Waals surface area contributed by atoms with Crippen molar-refractivity contribution in [1.82, 2.24) is 9.88 Å². The van der Waals surface area contributed by atoms with Gasteiger partial charge >= 0.3 is 0 Å². The molecule has 0 aliphatic carbocycles. The van der Waals surface area contributed by atoms with Crippen LogP contribution >= 0.6 is 0 Å². The number of nitrogens with zero attached hydrogens (tertiary/aromatic N) is 2. The summed E-state index contributed by atoms with van der Waals surface area (Å²) in [7, 11) is 3.42. The van der Waals surface area contributed by atoms with Crippen molar-refractivity contribution in [3.63, 3.8) is 0 Å². The van der Waals surface area contributed by atoms with Crippen molar-refractivity contribution >= 4 is 5.91 Å². The molecular weight excluding hydrogens is 302 g/mol.